The lowest BCUT2D eigenvalue weighted by atomic mass is 10.1. The van der Waals surface area contributed by atoms with Crippen LogP contribution >= 0.6 is 0 Å². The molecular weight excluding hydrogens is 564 g/mol. The summed E-state index contributed by atoms with van der Waals surface area (Å²) in [7, 11) is 0. The second kappa shape index (κ2) is 8.68. The maximum absolute atomic E-state index is 7.16. The first-order chi connectivity index (χ1) is 22.8. The summed E-state index contributed by atoms with van der Waals surface area (Å²) in [5.74, 6) is 0. The summed E-state index contributed by atoms with van der Waals surface area (Å²) in [5.41, 5.74) is 10.0. The average molecular weight is 589 g/mol. The van der Waals surface area contributed by atoms with Gasteiger partial charge in [0.2, 0.25) is 0 Å². The van der Waals surface area contributed by atoms with Crippen LogP contribution in [0, 0.1) is 0 Å². The highest BCUT2D eigenvalue weighted by Crippen LogP contribution is 2.45. The average Bonchev–Trinajstić information content (AvgIpc) is 3.86. The van der Waals surface area contributed by atoms with Crippen molar-refractivity contribution < 1.29 is 8.83 Å². The van der Waals surface area contributed by atoms with E-state index in [0.717, 1.165) is 82.7 Å². The fraction of sp³-hybridized carbons (Fsp3) is 0. The van der Waals surface area contributed by atoms with Gasteiger partial charge in [-0.25, -0.2) is 0 Å². The minimum atomic E-state index is 0.867. The van der Waals surface area contributed by atoms with E-state index in [1.807, 2.05) is 12.1 Å². The summed E-state index contributed by atoms with van der Waals surface area (Å²) in [6.07, 6.45) is 0. The van der Waals surface area contributed by atoms with Crippen LogP contribution in [0.5, 0.6) is 0 Å². The van der Waals surface area contributed by atoms with Crippen molar-refractivity contribution in [3.05, 3.63) is 146 Å². The van der Waals surface area contributed by atoms with Crippen molar-refractivity contribution in [2.24, 2.45) is 0 Å². The molecule has 4 heteroatoms. The second-order valence-corrected chi connectivity index (χ2v) is 12.1. The van der Waals surface area contributed by atoms with Gasteiger partial charge in [-0.3, -0.25) is 0 Å². The molecule has 0 amide bonds. The van der Waals surface area contributed by atoms with Crippen LogP contribution in [0.15, 0.2) is 154 Å². The van der Waals surface area contributed by atoms with Gasteiger partial charge in [-0.1, -0.05) is 97.1 Å². The van der Waals surface area contributed by atoms with Crippen LogP contribution in [-0.2, 0) is 0 Å². The number of hydrogen-bond acceptors (Lipinski definition) is 2. The molecule has 4 nitrogen and oxygen atoms in total. The molecule has 0 saturated heterocycles. The lowest BCUT2D eigenvalue weighted by molar-refractivity contribution is 0.665. The Morgan fingerprint density at radius 1 is 0.326 bits per heavy atom. The van der Waals surface area contributed by atoms with E-state index < -0.39 is 0 Å². The molecule has 11 rings (SSSR count). The molecular formula is C42H24N2O2. The Hall–Kier alpha value is -6.26. The van der Waals surface area contributed by atoms with Gasteiger partial charge in [0.15, 0.2) is 16.7 Å². The SMILES string of the molecule is c1ccc(-n2c3ccccc3c3ccc4c5ccc6c7ccccc7n(-c7cccc8c7oc7ccccc78)c6c5oc4c32)cc1. The number of benzene rings is 7. The molecule has 7 aromatic carbocycles. The molecule has 46 heavy (non-hydrogen) atoms. The first-order valence-corrected chi connectivity index (χ1v) is 15.6. The predicted molar refractivity (Wildman–Crippen MR) is 190 cm³/mol. The lowest BCUT2D eigenvalue weighted by Crippen LogP contribution is -1.94. The molecule has 0 aliphatic heterocycles. The molecule has 0 N–H and O–H groups in total. The Bertz CT molecular complexity index is 3020. The molecule has 0 atom stereocenters. The molecule has 0 aliphatic rings. The van der Waals surface area contributed by atoms with Crippen molar-refractivity contribution in [1.29, 1.82) is 0 Å². The van der Waals surface area contributed by atoms with Gasteiger partial charge in [-0.05, 0) is 48.5 Å². The molecule has 11 aromatic rings. The Morgan fingerprint density at radius 3 is 1.57 bits per heavy atom. The Morgan fingerprint density at radius 2 is 0.848 bits per heavy atom. The topological polar surface area (TPSA) is 36.1 Å². The van der Waals surface area contributed by atoms with E-state index in [0.29, 0.717) is 0 Å². The summed E-state index contributed by atoms with van der Waals surface area (Å²) in [4.78, 5) is 0. The molecule has 4 heterocycles. The van der Waals surface area contributed by atoms with Gasteiger partial charge in [0, 0.05) is 48.8 Å². The van der Waals surface area contributed by atoms with Crippen LogP contribution in [0.25, 0.3) is 98.9 Å². The van der Waals surface area contributed by atoms with Crippen LogP contribution in [0.1, 0.15) is 0 Å². The van der Waals surface area contributed by atoms with Crippen LogP contribution in [0.4, 0.5) is 0 Å². The Balaban J connectivity index is 1.34. The van der Waals surface area contributed by atoms with Gasteiger partial charge in [0.1, 0.15) is 5.58 Å². The third kappa shape index (κ3) is 2.98. The molecule has 0 unspecified atom stereocenters. The fourth-order valence-corrected chi connectivity index (χ4v) is 7.79. The standard InChI is InChI=1S/C42H24N2O2/c1-2-11-25(12-3-1)43-34-17-7-4-13-26(34)29-21-23-32-33-24-22-30-27-14-5-8-18-35(27)44(39(30)42(33)46-41(32)38(29)43)36-19-10-16-31-28-15-6-9-20-37(28)45-40(31)36/h1-24H. The van der Waals surface area contributed by atoms with E-state index >= 15 is 0 Å². The van der Waals surface area contributed by atoms with Crippen molar-refractivity contribution in [3.8, 4) is 11.4 Å². The van der Waals surface area contributed by atoms with Crippen molar-refractivity contribution in [3.63, 3.8) is 0 Å². The van der Waals surface area contributed by atoms with Gasteiger partial charge in [-0.15, -0.1) is 0 Å². The Labute approximate surface area is 261 Å². The van der Waals surface area contributed by atoms with Gasteiger partial charge in [-0.2, -0.15) is 0 Å². The predicted octanol–water partition coefficient (Wildman–Crippen LogP) is 11.7. The third-order valence-electron chi connectivity index (χ3n) is 9.71. The van der Waals surface area contributed by atoms with E-state index in [1.54, 1.807) is 0 Å². The number of hydrogen-bond donors (Lipinski definition) is 0. The highest BCUT2D eigenvalue weighted by molar-refractivity contribution is 6.26. The molecule has 0 spiro atoms. The summed E-state index contributed by atoms with van der Waals surface area (Å²) >= 11 is 0. The first kappa shape index (κ1) is 24.1. The van der Waals surface area contributed by atoms with Gasteiger partial charge < -0.3 is 18.0 Å². The summed E-state index contributed by atoms with van der Waals surface area (Å²) < 4.78 is 18.4. The number of fused-ring (bicyclic) bond motifs is 14. The molecule has 0 aliphatic carbocycles. The molecule has 0 radical (unpaired) electrons. The smallest absolute Gasteiger partial charge is 0.160 e. The summed E-state index contributed by atoms with van der Waals surface area (Å²) in [5, 5.41) is 9.12. The van der Waals surface area contributed by atoms with E-state index in [9.17, 15) is 0 Å². The molecule has 0 bridgehead atoms. The van der Waals surface area contributed by atoms with Crippen molar-refractivity contribution >= 4 is 87.5 Å². The highest BCUT2D eigenvalue weighted by atomic mass is 16.3. The first-order valence-electron chi connectivity index (χ1n) is 15.6. The minimum absolute atomic E-state index is 0.867. The normalized spacial score (nSPS) is 12.3. The van der Waals surface area contributed by atoms with Crippen LogP contribution in [0.2, 0.25) is 0 Å². The van der Waals surface area contributed by atoms with Gasteiger partial charge in [0.05, 0.1) is 27.8 Å². The number of aromatic nitrogens is 2. The zero-order valence-electron chi connectivity index (χ0n) is 24.6. The second-order valence-electron chi connectivity index (χ2n) is 12.1. The number of para-hydroxylation sites is 5. The van der Waals surface area contributed by atoms with Crippen LogP contribution in [-0.4, -0.2) is 9.13 Å². The fourth-order valence-electron chi connectivity index (χ4n) is 7.79. The van der Waals surface area contributed by atoms with E-state index in [1.165, 1.54) is 16.2 Å². The zero-order valence-corrected chi connectivity index (χ0v) is 24.6. The van der Waals surface area contributed by atoms with Crippen LogP contribution in [0.3, 0.4) is 0 Å². The quantitative estimate of drug-likeness (QED) is 0.201. The molecule has 214 valence electrons. The van der Waals surface area contributed by atoms with Crippen LogP contribution < -0.4 is 0 Å². The summed E-state index contributed by atoms with van der Waals surface area (Å²) in [6.45, 7) is 0. The van der Waals surface area contributed by atoms with Crippen molar-refractivity contribution in [2.45, 2.75) is 0 Å². The van der Waals surface area contributed by atoms with Crippen molar-refractivity contribution in [2.75, 3.05) is 0 Å². The summed E-state index contributed by atoms with van der Waals surface area (Å²) in [6, 6.07) is 51.5. The monoisotopic (exact) mass is 588 g/mol. The maximum Gasteiger partial charge on any atom is 0.160 e. The highest BCUT2D eigenvalue weighted by Gasteiger charge is 2.24. The molecule has 0 saturated carbocycles. The molecule has 4 aromatic heterocycles. The molecule has 0 fully saturated rings. The van der Waals surface area contributed by atoms with E-state index in [-0.39, 0.29) is 0 Å². The van der Waals surface area contributed by atoms with Crippen molar-refractivity contribution in [1.82, 2.24) is 9.13 Å². The maximum atomic E-state index is 7.16. The van der Waals surface area contributed by atoms with E-state index in [4.69, 9.17) is 8.83 Å². The zero-order chi connectivity index (χ0) is 29.9. The minimum Gasteiger partial charge on any atom is -0.454 e. The largest absolute Gasteiger partial charge is 0.454 e. The lowest BCUT2D eigenvalue weighted by Gasteiger charge is -2.09. The van der Waals surface area contributed by atoms with E-state index in [2.05, 4.69) is 143 Å². The number of furan rings is 2. The third-order valence-corrected chi connectivity index (χ3v) is 9.71. The number of nitrogens with zero attached hydrogens (tertiary/aromatic N) is 2. The van der Waals surface area contributed by atoms with Gasteiger partial charge in [0.25, 0.3) is 0 Å². The number of rotatable bonds is 2. The Kier molecular flexibility index (Phi) is 4.55. The van der Waals surface area contributed by atoms with Gasteiger partial charge >= 0.3 is 0 Å².